The number of carbonyl (C=O) groups is 1. The molecule has 2 N–H and O–H groups in total. The first-order valence-corrected chi connectivity index (χ1v) is 14.0. The molecule has 0 aliphatic rings. The molecule has 0 spiro atoms. The van der Waals surface area contributed by atoms with Crippen molar-refractivity contribution >= 4 is 5.97 Å². The molecule has 0 aromatic heterocycles. The van der Waals surface area contributed by atoms with Gasteiger partial charge in [-0.05, 0) is 19.3 Å². The van der Waals surface area contributed by atoms with Crippen LogP contribution in [0.5, 0.6) is 0 Å². The molecule has 0 radical (unpaired) electrons. The maximum Gasteiger partial charge on any atom is 0.303 e. The zero-order chi connectivity index (χ0) is 23.4. The Hall–Kier alpha value is -0.570. The zero-order valence-corrected chi connectivity index (χ0v) is 21.6. The largest absolute Gasteiger partial charge is 0.481 e. The highest BCUT2D eigenvalue weighted by Gasteiger charge is 2.02. The smallest absolute Gasteiger partial charge is 0.303 e. The van der Waals surface area contributed by atoms with Gasteiger partial charge in [0, 0.05) is 6.42 Å². The summed E-state index contributed by atoms with van der Waals surface area (Å²) in [5.74, 6) is -0.655. The van der Waals surface area contributed by atoms with Crippen LogP contribution in [0.1, 0.15) is 168 Å². The highest BCUT2D eigenvalue weighted by atomic mass is 16.4. The molecule has 0 bridgehead atoms. The summed E-state index contributed by atoms with van der Waals surface area (Å²) in [5, 5.41) is 18.0. The number of hydrogen-bond donors (Lipinski definition) is 2. The lowest BCUT2D eigenvalue weighted by Gasteiger charge is -2.08. The van der Waals surface area contributed by atoms with Crippen LogP contribution >= 0.6 is 0 Å². The maximum atomic E-state index is 10.3. The molecule has 1 atom stereocenters. The van der Waals surface area contributed by atoms with Gasteiger partial charge in [-0.15, -0.1) is 0 Å². The summed E-state index contributed by atoms with van der Waals surface area (Å²) in [6.45, 7) is 6.67. The Bertz CT molecular complexity index is 330. The van der Waals surface area contributed by atoms with E-state index in [0.717, 1.165) is 25.7 Å². The minimum atomic E-state index is -0.655. The SMILES string of the molecule is CCCCCCCC(O)CCCC.CCCCCCCCCCCCCCCC(=O)O. The van der Waals surface area contributed by atoms with Crippen LogP contribution in [-0.4, -0.2) is 22.3 Å². The van der Waals surface area contributed by atoms with Crippen LogP contribution in [0.4, 0.5) is 0 Å². The van der Waals surface area contributed by atoms with Crippen LogP contribution < -0.4 is 0 Å². The number of rotatable bonds is 23. The Morgan fingerprint density at radius 3 is 1.23 bits per heavy atom. The minimum absolute atomic E-state index is 0.0263. The fourth-order valence-electron chi connectivity index (χ4n) is 3.86. The van der Waals surface area contributed by atoms with Crippen LogP contribution in [0.15, 0.2) is 0 Å². The summed E-state index contributed by atoms with van der Waals surface area (Å²) in [6, 6.07) is 0. The monoisotopic (exact) mass is 442 g/mol. The Labute approximate surface area is 195 Å². The molecule has 0 aromatic rings. The molecule has 0 saturated carbocycles. The number of carboxylic acid groups (broad SMARTS) is 1. The van der Waals surface area contributed by atoms with Gasteiger partial charge in [-0.3, -0.25) is 4.79 Å². The highest BCUT2D eigenvalue weighted by Crippen LogP contribution is 2.13. The summed E-state index contributed by atoms with van der Waals surface area (Å²) in [7, 11) is 0. The standard InChI is InChI=1S/C16H32O2.C12H26O/c1-2-3-4-5-6-7-8-9-10-11-12-13-14-15-16(17)18;1-3-5-7-8-9-11-12(13)10-6-4-2/h2-15H2,1H3,(H,17,18);12-13H,3-11H2,1-2H3. The van der Waals surface area contributed by atoms with E-state index in [9.17, 15) is 9.90 Å². The van der Waals surface area contributed by atoms with E-state index in [1.54, 1.807) is 0 Å². The summed E-state index contributed by atoms with van der Waals surface area (Å²) < 4.78 is 0. The first-order valence-electron chi connectivity index (χ1n) is 14.0. The van der Waals surface area contributed by atoms with Crippen molar-refractivity contribution in [3.05, 3.63) is 0 Å². The van der Waals surface area contributed by atoms with E-state index in [0.29, 0.717) is 6.42 Å². The molecular weight excluding hydrogens is 384 g/mol. The van der Waals surface area contributed by atoms with E-state index >= 15 is 0 Å². The predicted molar refractivity (Wildman–Crippen MR) is 137 cm³/mol. The second kappa shape index (κ2) is 29.4. The summed E-state index contributed by atoms with van der Waals surface area (Å²) in [6.07, 6.45) is 28.2. The number of carboxylic acids is 1. The van der Waals surface area contributed by atoms with Crippen molar-refractivity contribution in [3.8, 4) is 0 Å². The molecule has 0 fully saturated rings. The van der Waals surface area contributed by atoms with Crippen molar-refractivity contribution in [2.75, 3.05) is 0 Å². The molecule has 0 rings (SSSR count). The van der Waals surface area contributed by atoms with Crippen molar-refractivity contribution in [1.82, 2.24) is 0 Å². The average molecular weight is 443 g/mol. The topological polar surface area (TPSA) is 57.5 Å². The van der Waals surface area contributed by atoms with Gasteiger partial charge in [0.2, 0.25) is 0 Å². The molecule has 0 heterocycles. The van der Waals surface area contributed by atoms with Gasteiger partial charge < -0.3 is 10.2 Å². The normalized spacial score (nSPS) is 11.7. The molecule has 3 nitrogen and oxygen atoms in total. The summed E-state index contributed by atoms with van der Waals surface area (Å²) >= 11 is 0. The van der Waals surface area contributed by atoms with E-state index < -0.39 is 5.97 Å². The van der Waals surface area contributed by atoms with E-state index in [1.807, 2.05) is 0 Å². The number of aliphatic hydroxyl groups excluding tert-OH is 1. The van der Waals surface area contributed by atoms with Gasteiger partial charge in [0.25, 0.3) is 0 Å². The Morgan fingerprint density at radius 1 is 0.516 bits per heavy atom. The third kappa shape index (κ3) is 34.2. The number of aliphatic carboxylic acids is 1. The molecule has 0 amide bonds. The molecule has 0 aromatic carbocycles. The summed E-state index contributed by atoms with van der Waals surface area (Å²) in [5.41, 5.74) is 0. The molecule has 1 unspecified atom stereocenters. The fourth-order valence-corrected chi connectivity index (χ4v) is 3.86. The molecular formula is C28H58O3. The van der Waals surface area contributed by atoms with E-state index in [-0.39, 0.29) is 6.10 Å². The Kier molecular flexibility index (Phi) is 31.0. The maximum absolute atomic E-state index is 10.3. The van der Waals surface area contributed by atoms with E-state index in [4.69, 9.17) is 5.11 Å². The van der Waals surface area contributed by atoms with Crippen LogP contribution in [-0.2, 0) is 4.79 Å². The third-order valence-electron chi connectivity index (χ3n) is 6.03. The molecule has 0 saturated heterocycles. The van der Waals surface area contributed by atoms with Gasteiger partial charge in [0.15, 0.2) is 0 Å². The predicted octanol–water partition coefficient (Wildman–Crippen LogP) is 9.45. The second-order valence-electron chi connectivity index (χ2n) is 9.39. The first-order chi connectivity index (χ1) is 15.1. The number of aliphatic hydroxyl groups is 1. The lowest BCUT2D eigenvalue weighted by Crippen LogP contribution is -2.05. The van der Waals surface area contributed by atoms with Crippen molar-refractivity contribution in [3.63, 3.8) is 0 Å². The van der Waals surface area contributed by atoms with E-state index in [2.05, 4.69) is 20.8 Å². The van der Waals surface area contributed by atoms with Crippen LogP contribution in [0.3, 0.4) is 0 Å². The first kappa shape index (κ1) is 32.6. The Morgan fingerprint density at radius 2 is 0.839 bits per heavy atom. The van der Waals surface area contributed by atoms with Crippen LogP contribution in [0.25, 0.3) is 0 Å². The quantitative estimate of drug-likeness (QED) is 0.155. The summed E-state index contributed by atoms with van der Waals surface area (Å²) in [4.78, 5) is 10.3. The second-order valence-corrected chi connectivity index (χ2v) is 9.39. The van der Waals surface area contributed by atoms with Gasteiger partial charge >= 0.3 is 5.97 Å². The molecule has 3 heteroatoms. The number of unbranched alkanes of at least 4 members (excludes halogenated alkanes) is 17. The van der Waals surface area contributed by atoms with Crippen molar-refractivity contribution < 1.29 is 15.0 Å². The van der Waals surface area contributed by atoms with Gasteiger partial charge in [-0.25, -0.2) is 0 Å². The third-order valence-corrected chi connectivity index (χ3v) is 6.03. The Balaban J connectivity index is 0. The lowest BCUT2D eigenvalue weighted by atomic mass is 10.0. The van der Waals surface area contributed by atoms with Gasteiger partial charge in [0.05, 0.1) is 6.10 Å². The van der Waals surface area contributed by atoms with Crippen molar-refractivity contribution in [2.45, 2.75) is 175 Å². The van der Waals surface area contributed by atoms with Gasteiger partial charge in [-0.1, -0.05) is 143 Å². The van der Waals surface area contributed by atoms with E-state index in [1.165, 1.54) is 116 Å². The van der Waals surface area contributed by atoms with Crippen LogP contribution in [0, 0.1) is 0 Å². The minimum Gasteiger partial charge on any atom is -0.481 e. The average Bonchev–Trinajstić information content (AvgIpc) is 2.75. The van der Waals surface area contributed by atoms with Crippen molar-refractivity contribution in [2.24, 2.45) is 0 Å². The van der Waals surface area contributed by atoms with Crippen LogP contribution in [0.2, 0.25) is 0 Å². The van der Waals surface area contributed by atoms with Crippen molar-refractivity contribution in [1.29, 1.82) is 0 Å². The molecule has 0 aliphatic heterocycles. The number of hydrogen-bond acceptors (Lipinski definition) is 2. The lowest BCUT2D eigenvalue weighted by molar-refractivity contribution is -0.137. The molecule has 188 valence electrons. The molecule has 0 aliphatic carbocycles. The highest BCUT2D eigenvalue weighted by molar-refractivity contribution is 5.66. The zero-order valence-electron chi connectivity index (χ0n) is 21.6. The fraction of sp³-hybridized carbons (Fsp3) is 0.964. The van der Waals surface area contributed by atoms with Gasteiger partial charge in [-0.2, -0.15) is 0 Å². The molecule has 31 heavy (non-hydrogen) atoms. The van der Waals surface area contributed by atoms with Gasteiger partial charge in [0.1, 0.15) is 0 Å².